The van der Waals surface area contributed by atoms with Crippen molar-refractivity contribution in [2.75, 3.05) is 0 Å². The quantitative estimate of drug-likeness (QED) is 0.306. The van der Waals surface area contributed by atoms with Gasteiger partial charge in [0.25, 0.3) is 0 Å². The van der Waals surface area contributed by atoms with Crippen LogP contribution < -0.4 is 10.9 Å². The van der Waals surface area contributed by atoms with Crippen LogP contribution >= 0.6 is 22.7 Å². The Kier molecular flexibility index (Phi) is 2.91. The Labute approximate surface area is 163 Å². The molecule has 2 heterocycles. The molecule has 0 amide bonds. The fraction of sp³-hybridized carbons (Fsp3) is 0.0909. The van der Waals surface area contributed by atoms with Gasteiger partial charge in [-0.15, -0.1) is 22.7 Å². The normalized spacial score (nSPS) is 12.6. The molecule has 0 spiro atoms. The van der Waals surface area contributed by atoms with E-state index in [1.807, 2.05) is 26.0 Å². The molecule has 4 aromatic carbocycles. The second-order valence-electron chi connectivity index (χ2n) is 7.23. The first-order chi connectivity index (χ1) is 13.4. The van der Waals surface area contributed by atoms with Crippen LogP contribution in [0.1, 0.15) is 11.1 Å². The van der Waals surface area contributed by atoms with E-state index in [2.05, 4.69) is 0 Å². The van der Waals surface area contributed by atoms with Gasteiger partial charge >= 0.3 is 0 Å². The fourth-order valence-electron chi connectivity index (χ4n) is 4.57. The van der Waals surface area contributed by atoms with Gasteiger partial charge in [-0.2, -0.15) is 8.78 Å². The van der Waals surface area contributed by atoms with E-state index in [-0.39, 0.29) is 21.1 Å². The van der Waals surface area contributed by atoms with Crippen molar-refractivity contribution in [2.24, 2.45) is 0 Å². The van der Waals surface area contributed by atoms with Crippen LogP contribution in [0.25, 0.3) is 52.5 Å². The molecule has 6 aromatic rings. The van der Waals surface area contributed by atoms with Crippen LogP contribution in [0.5, 0.6) is 0 Å². The van der Waals surface area contributed by atoms with E-state index in [0.29, 0.717) is 41.7 Å². The number of fused-ring (bicyclic) bond motifs is 9. The molecule has 0 saturated heterocycles. The number of rotatable bonds is 0. The zero-order chi connectivity index (χ0) is 19.5. The SMILES string of the molecule is Cc1cc2c(cc(C)c3c4sc(F)cc4c(=O)c23)c2c(=O)c3cc(F)sc3c12. The molecule has 0 aliphatic carbocycles. The zero-order valence-corrected chi connectivity index (χ0v) is 16.3. The molecule has 0 N–H and O–H groups in total. The Morgan fingerprint density at radius 1 is 0.607 bits per heavy atom. The molecular weight excluding hydrogens is 398 g/mol. The maximum atomic E-state index is 13.8. The third kappa shape index (κ3) is 1.75. The molecule has 6 rings (SSSR count). The van der Waals surface area contributed by atoms with Gasteiger partial charge in [-0.05, 0) is 60.0 Å². The van der Waals surface area contributed by atoms with E-state index >= 15 is 0 Å². The number of hydrogen-bond acceptors (Lipinski definition) is 4. The highest BCUT2D eigenvalue weighted by atomic mass is 32.1. The Balaban J connectivity index is 1.97. The number of benzene rings is 2. The Bertz CT molecular complexity index is 1610. The lowest BCUT2D eigenvalue weighted by Gasteiger charge is -2.08. The molecule has 0 bridgehead atoms. The third-order valence-corrected chi connectivity index (χ3v) is 7.52. The summed E-state index contributed by atoms with van der Waals surface area (Å²) in [7, 11) is 0. The summed E-state index contributed by atoms with van der Waals surface area (Å²) >= 11 is 1.95. The van der Waals surface area contributed by atoms with E-state index in [1.165, 1.54) is 12.1 Å². The van der Waals surface area contributed by atoms with Crippen LogP contribution in [0, 0.1) is 24.1 Å². The minimum atomic E-state index is -0.379. The molecule has 0 aliphatic rings. The summed E-state index contributed by atoms with van der Waals surface area (Å²) in [6, 6.07) is 6.38. The second-order valence-corrected chi connectivity index (χ2v) is 9.23. The lowest BCUT2D eigenvalue weighted by molar-refractivity contribution is 0.658. The molecule has 0 aliphatic heterocycles. The monoisotopic (exact) mass is 408 g/mol. The molecule has 0 unspecified atom stereocenters. The van der Waals surface area contributed by atoms with Crippen molar-refractivity contribution in [3.8, 4) is 0 Å². The van der Waals surface area contributed by atoms with Gasteiger partial charge in [-0.1, -0.05) is 0 Å². The van der Waals surface area contributed by atoms with Crippen LogP contribution in [0.2, 0.25) is 0 Å². The van der Waals surface area contributed by atoms with E-state index < -0.39 is 0 Å². The maximum absolute atomic E-state index is 13.8. The molecule has 0 fully saturated rings. The summed E-state index contributed by atoms with van der Waals surface area (Å²) in [6.45, 7) is 3.75. The first kappa shape index (κ1) is 16.3. The van der Waals surface area contributed by atoms with Gasteiger partial charge in [0.15, 0.2) is 21.1 Å². The van der Waals surface area contributed by atoms with Gasteiger partial charge in [0.2, 0.25) is 0 Å². The van der Waals surface area contributed by atoms with E-state index in [1.54, 1.807) is 0 Å². The summed E-state index contributed by atoms with van der Waals surface area (Å²) < 4.78 is 28.8. The first-order valence-corrected chi connectivity index (χ1v) is 10.3. The van der Waals surface area contributed by atoms with Gasteiger partial charge in [0, 0.05) is 41.7 Å². The van der Waals surface area contributed by atoms with E-state index in [0.717, 1.165) is 44.6 Å². The standard InChI is InChI=1S/C22H10F2O2S2/c1-7-3-9-10(17-15(7)21-11(19(17)25)5-13(23)27-21)4-8(2)16-18(9)20(26)12-6-14(24)28-22(12)16/h3-6H,1-2H3. The molecule has 2 aromatic heterocycles. The highest BCUT2D eigenvalue weighted by Gasteiger charge is 2.23. The maximum Gasteiger partial charge on any atom is 0.195 e. The number of aryl methyl sites for hydroxylation is 2. The van der Waals surface area contributed by atoms with Gasteiger partial charge in [0.1, 0.15) is 0 Å². The molecule has 0 atom stereocenters. The van der Waals surface area contributed by atoms with Crippen molar-refractivity contribution in [3.05, 3.63) is 66.1 Å². The van der Waals surface area contributed by atoms with Crippen LogP contribution in [0.15, 0.2) is 33.9 Å². The van der Waals surface area contributed by atoms with Gasteiger partial charge in [-0.25, -0.2) is 0 Å². The summed E-state index contributed by atoms with van der Waals surface area (Å²) in [4.78, 5) is 26.2. The molecule has 28 heavy (non-hydrogen) atoms. The van der Waals surface area contributed by atoms with Crippen LogP contribution in [0.3, 0.4) is 0 Å². The summed E-state index contributed by atoms with van der Waals surface area (Å²) in [5, 5.41) is 4.01. The van der Waals surface area contributed by atoms with Gasteiger partial charge in [-0.3, -0.25) is 9.59 Å². The smallest absolute Gasteiger partial charge is 0.195 e. The molecular formula is C22H10F2O2S2. The first-order valence-electron chi connectivity index (χ1n) is 8.66. The lowest BCUT2D eigenvalue weighted by atomic mass is 9.95. The molecule has 0 saturated carbocycles. The van der Waals surface area contributed by atoms with Crippen LogP contribution in [-0.2, 0) is 0 Å². The largest absolute Gasteiger partial charge is 0.289 e. The minimum absolute atomic E-state index is 0.204. The highest BCUT2D eigenvalue weighted by Crippen LogP contribution is 2.42. The molecule has 136 valence electrons. The van der Waals surface area contributed by atoms with E-state index in [9.17, 15) is 18.4 Å². The fourth-order valence-corrected chi connectivity index (χ4v) is 6.56. The Hall–Kier alpha value is -2.70. The van der Waals surface area contributed by atoms with E-state index in [4.69, 9.17) is 0 Å². The van der Waals surface area contributed by atoms with Gasteiger partial charge < -0.3 is 0 Å². The average Bonchev–Trinajstić information content (AvgIpc) is 3.33. The summed E-state index contributed by atoms with van der Waals surface area (Å²) in [6.07, 6.45) is 0. The van der Waals surface area contributed by atoms with Crippen molar-refractivity contribution in [1.82, 2.24) is 0 Å². The van der Waals surface area contributed by atoms with Crippen molar-refractivity contribution >= 4 is 75.2 Å². The van der Waals surface area contributed by atoms with Gasteiger partial charge in [0.05, 0.1) is 0 Å². The van der Waals surface area contributed by atoms with Crippen molar-refractivity contribution in [1.29, 1.82) is 0 Å². The topological polar surface area (TPSA) is 34.1 Å². The van der Waals surface area contributed by atoms with Crippen molar-refractivity contribution < 1.29 is 8.78 Å². The summed E-state index contributed by atoms with van der Waals surface area (Å²) in [5.74, 6) is 0. The predicted octanol–water partition coefficient (Wildman–Crippen LogP) is 6.07. The minimum Gasteiger partial charge on any atom is -0.289 e. The highest BCUT2D eigenvalue weighted by molar-refractivity contribution is 7.19. The lowest BCUT2D eigenvalue weighted by Crippen LogP contribution is -1.99. The molecule has 6 heteroatoms. The van der Waals surface area contributed by atoms with Crippen LogP contribution in [0.4, 0.5) is 8.78 Å². The third-order valence-electron chi connectivity index (χ3n) is 5.64. The second kappa shape index (κ2) is 5.01. The van der Waals surface area contributed by atoms with Crippen molar-refractivity contribution in [3.63, 3.8) is 0 Å². The number of halogens is 2. The number of hydrogen-bond donors (Lipinski definition) is 0. The zero-order valence-electron chi connectivity index (χ0n) is 14.7. The summed E-state index contributed by atoms with van der Waals surface area (Å²) in [5.41, 5.74) is 1.25. The molecule has 0 radical (unpaired) electrons. The number of thiophene rings is 2. The predicted molar refractivity (Wildman–Crippen MR) is 114 cm³/mol. The Morgan fingerprint density at radius 3 is 1.39 bits per heavy atom. The van der Waals surface area contributed by atoms with Crippen LogP contribution in [-0.4, -0.2) is 0 Å². The Morgan fingerprint density at radius 2 is 1.00 bits per heavy atom. The van der Waals surface area contributed by atoms with Crippen molar-refractivity contribution in [2.45, 2.75) is 13.8 Å². The molecule has 2 nitrogen and oxygen atoms in total. The average molecular weight is 408 g/mol.